The van der Waals surface area contributed by atoms with Gasteiger partial charge in [-0.1, -0.05) is 19.3 Å². The predicted molar refractivity (Wildman–Crippen MR) is 127 cm³/mol. The van der Waals surface area contributed by atoms with Crippen molar-refractivity contribution >= 4 is 12.0 Å². The van der Waals surface area contributed by atoms with Gasteiger partial charge in [0.1, 0.15) is 0 Å². The van der Waals surface area contributed by atoms with E-state index in [-0.39, 0.29) is 36.1 Å². The van der Waals surface area contributed by atoms with Gasteiger partial charge in [-0.15, -0.1) is 0 Å². The van der Waals surface area contributed by atoms with Gasteiger partial charge in [-0.25, -0.2) is 4.79 Å². The zero-order valence-electron chi connectivity index (χ0n) is 20.8. The largest absolute Gasteiger partial charge is 0.465 e. The average Bonchev–Trinajstić information content (AvgIpc) is 3.43. The van der Waals surface area contributed by atoms with E-state index in [1.165, 1.54) is 22.5 Å². The fraction of sp³-hybridized carbons (Fsp3) is 0.538. The number of carbonyl (C=O) groups excluding carboxylic acids is 1. The van der Waals surface area contributed by atoms with Crippen LogP contribution in [-0.2, 0) is 18.9 Å². The average molecular weight is 546 g/mol. The van der Waals surface area contributed by atoms with Gasteiger partial charge >= 0.3 is 18.4 Å². The van der Waals surface area contributed by atoms with Gasteiger partial charge in [0.2, 0.25) is 0 Å². The maximum atomic E-state index is 14.0. The minimum Gasteiger partial charge on any atom is -0.465 e. The Morgan fingerprint density at radius 2 is 1.66 bits per heavy atom. The summed E-state index contributed by atoms with van der Waals surface area (Å²) in [6.07, 6.45) is -5.64. The van der Waals surface area contributed by atoms with Crippen LogP contribution in [0.3, 0.4) is 0 Å². The molecule has 1 aliphatic heterocycles. The predicted octanol–water partition coefficient (Wildman–Crippen LogP) is 6.71. The van der Waals surface area contributed by atoms with Crippen molar-refractivity contribution in [1.82, 2.24) is 14.8 Å². The second kappa shape index (κ2) is 10.5. The van der Waals surface area contributed by atoms with Crippen molar-refractivity contribution in [1.29, 1.82) is 0 Å². The van der Waals surface area contributed by atoms with E-state index in [2.05, 4.69) is 5.32 Å². The Labute approximate surface area is 215 Å². The molecule has 1 aromatic heterocycles. The molecule has 1 saturated carbocycles. The van der Waals surface area contributed by atoms with Crippen LogP contribution in [0.5, 0.6) is 0 Å². The van der Waals surface area contributed by atoms with Crippen LogP contribution in [0.2, 0.25) is 0 Å². The third-order valence-electron chi connectivity index (χ3n) is 7.50. The third-order valence-corrected chi connectivity index (χ3v) is 7.50. The second-order valence-corrected chi connectivity index (χ2v) is 9.98. The van der Waals surface area contributed by atoms with E-state index in [1.807, 2.05) is 0 Å². The van der Waals surface area contributed by atoms with E-state index >= 15 is 0 Å². The van der Waals surface area contributed by atoms with Crippen LogP contribution >= 0.6 is 0 Å². The number of hydrogen-bond donors (Lipinski definition) is 2. The number of aromatic nitrogens is 1. The molecule has 2 amide bonds. The van der Waals surface area contributed by atoms with Gasteiger partial charge in [-0.2, -0.15) is 26.3 Å². The number of likely N-dealkylation sites (tertiary alicyclic amines) is 1. The molecule has 0 spiro atoms. The highest BCUT2D eigenvalue weighted by atomic mass is 19.4. The summed E-state index contributed by atoms with van der Waals surface area (Å²) >= 11 is 0. The molecular weight excluding hydrogens is 516 g/mol. The van der Waals surface area contributed by atoms with E-state index in [9.17, 15) is 41.0 Å². The van der Waals surface area contributed by atoms with E-state index < -0.39 is 47.1 Å². The zero-order valence-corrected chi connectivity index (χ0v) is 20.8. The topological polar surface area (TPSA) is 74.6 Å². The lowest BCUT2D eigenvalue weighted by Crippen LogP contribution is -2.37. The fourth-order valence-corrected chi connectivity index (χ4v) is 5.51. The molecule has 1 aromatic carbocycles. The molecule has 0 bridgehead atoms. The summed E-state index contributed by atoms with van der Waals surface area (Å²) in [6.45, 7) is 1.65. The Balaban J connectivity index is 1.85. The standard InChI is InChI=1S/C26H29F6N3O3/c1-15-19(23(36)33-17-6-3-2-4-7-17)13-22(35(15)14-18-8-5-11-34(18)24(37)38)20-12-16(25(27,28)29)9-10-21(20)26(30,31)32/h9-10,12-13,17-18H,2-8,11,14H2,1H3,(H,33,36)(H,37,38)/t18-/m1/s1. The number of benzene rings is 1. The lowest BCUT2D eigenvalue weighted by atomic mass is 9.95. The molecule has 1 aliphatic carbocycles. The van der Waals surface area contributed by atoms with E-state index in [1.54, 1.807) is 0 Å². The van der Waals surface area contributed by atoms with Crippen molar-refractivity contribution in [3.63, 3.8) is 0 Å². The molecule has 2 aromatic rings. The summed E-state index contributed by atoms with van der Waals surface area (Å²) in [5, 5.41) is 12.5. The molecule has 4 rings (SSSR count). The Hall–Kier alpha value is -3.18. The van der Waals surface area contributed by atoms with Gasteiger partial charge in [0.25, 0.3) is 5.91 Å². The Morgan fingerprint density at radius 3 is 2.26 bits per heavy atom. The molecule has 2 N–H and O–H groups in total. The normalized spacial score (nSPS) is 19.1. The summed E-state index contributed by atoms with van der Waals surface area (Å²) in [5.41, 5.74) is -3.15. The summed E-state index contributed by atoms with van der Waals surface area (Å²) < 4.78 is 83.9. The first kappa shape index (κ1) is 27.8. The molecule has 2 heterocycles. The van der Waals surface area contributed by atoms with Crippen molar-refractivity contribution < 1.29 is 41.0 Å². The van der Waals surface area contributed by atoms with Crippen molar-refractivity contribution in [2.75, 3.05) is 6.54 Å². The van der Waals surface area contributed by atoms with Gasteiger partial charge < -0.3 is 19.9 Å². The molecule has 2 fully saturated rings. The molecule has 6 nitrogen and oxygen atoms in total. The Kier molecular flexibility index (Phi) is 7.72. The molecule has 208 valence electrons. The van der Waals surface area contributed by atoms with Crippen molar-refractivity contribution in [3.05, 3.63) is 46.6 Å². The lowest BCUT2D eigenvalue weighted by Gasteiger charge is -2.25. The highest BCUT2D eigenvalue weighted by Gasteiger charge is 2.39. The Morgan fingerprint density at radius 1 is 0.974 bits per heavy atom. The number of carbonyl (C=O) groups is 2. The molecule has 1 saturated heterocycles. The number of halogens is 6. The first-order valence-corrected chi connectivity index (χ1v) is 12.6. The van der Waals surface area contributed by atoms with Gasteiger partial charge in [0.15, 0.2) is 0 Å². The maximum Gasteiger partial charge on any atom is 0.417 e. The molecule has 12 heteroatoms. The lowest BCUT2D eigenvalue weighted by molar-refractivity contribution is -0.141. The summed E-state index contributed by atoms with van der Waals surface area (Å²) in [7, 11) is 0. The minimum absolute atomic E-state index is 0.0518. The van der Waals surface area contributed by atoms with Crippen LogP contribution in [-0.4, -0.2) is 45.2 Å². The number of nitrogens with one attached hydrogen (secondary N) is 1. The quantitative estimate of drug-likeness (QED) is 0.411. The summed E-state index contributed by atoms with van der Waals surface area (Å²) in [6, 6.07) is 1.71. The molecule has 0 unspecified atom stereocenters. The SMILES string of the molecule is Cc1c(C(=O)NC2CCCCC2)cc(-c2cc(C(F)(F)F)ccc2C(F)(F)F)n1C[C@H]1CCCN1C(=O)O. The van der Waals surface area contributed by atoms with Crippen LogP contribution < -0.4 is 5.32 Å². The molecular formula is C26H29F6N3O3. The maximum absolute atomic E-state index is 14.0. The minimum atomic E-state index is -4.96. The highest BCUT2D eigenvalue weighted by molar-refractivity contribution is 5.97. The second-order valence-electron chi connectivity index (χ2n) is 9.98. The van der Waals surface area contributed by atoms with Crippen LogP contribution in [0.15, 0.2) is 24.3 Å². The van der Waals surface area contributed by atoms with Crippen LogP contribution in [0, 0.1) is 6.92 Å². The van der Waals surface area contributed by atoms with Crippen LogP contribution in [0.4, 0.5) is 31.1 Å². The van der Waals surface area contributed by atoms with Crippen molar-refractivity contribution in [2.24, 2.45) is 0 Å². The number of carboxylic acid groups (broad SMARTS) is 1. The fourth-order valence-electron chi connectivity index (χ4n) is 5.51. The number of alkyl halides is 6. The summed E-state index contributed by atoms with van der Waals surface area (Å²) in [5.74, 6) is -0.517. The monoisotopic (exact) mass is 545 g/mol. The molecule has 1 atom stereocenters. The summed E-state index contributed by atoms with van der Waals surface area (Å²) in [4.78, 5) is 26.1. The zero-order chi connectivity index (χ0) is 27.8. The first-order valence-electron chi connectivity index (χ1n) is 12.6. The van der Waals surface area contributed by atoms with Gasteiger partial charge in [-0.05, 0) is 56.9 Å². The van der Waals surface area contributed by atoms with Crippen LogP contribution in [0.1, 0.15) is 72.1 Å². The Bertz CT molecular complexity index is 1200. The first-order chi connectivity index (χ1) is 17.8. The van der Waals surface area contributed by atoms with E-state index in [4.69, 9.17) is 0 Å². The van der Waals surface area contributed by atoms with Gasteiger partial charge in [-0.3, -0.25) is 4.79 Å². The van der Waals surface area contributed by atoms with E-state index in [0.717, 1.165) is 32.1 Å². The third kappa shape index (κ3) is 5.78. The van der Waals surface area contributed by atoms with Crippen molar-refractivity contribution in [2.45, 2.75) is 82.9 Å². The van der Waals surface area contributed by atoms with Crippen molar-refractivity contribution in [3.8, 4) is 11.3 Å². The molecule has 0 radical (unpaired) electrons. The van der Waals surface area contributed by atoms with Crippen LogP contribution in [0.25, 0.3) is 11.3 Å². The highest BCUT2D eigenvalue weighted by Crippen LogP contribution is 2.42. The van der Waals surface area contributed by atoms with Gasteiger partial charge in [0.05, 0.1) is 22.7 Å². The van der Waals surface area contributed by atoms with Gasteiger partial charge in [0, 0.05) is 36.1 Å². The number of amides is 2. The number of hydrogen-bond acceptors (Lipinski definition) is 2. The van der Waals surface area contributed by atoms with E-state index in [0.29, 0.717) is 31.0 Å². The number of rotatable bonds is 5. The molecule has 38 heavy (non-hydrogen) atoms. The molecule has 2 aliphatic rings. The number of nitrogens with zero attached hydrogens (tertiary/aromatic N) is 2. The smallest absolute Gasteiger partial charge is 0.417 e.